The molecule has 0 heterocycles. The van der Waals surface area contributed by atoms with E-state index in [0.717, 1.165) is 6.54 Å². The van der Waals surface area contributed by atoms with Crippen molar-refractivity contribution >= 4 is 0 Å². The SMILES string of the molecule is C#CCN(Cc1cccc(C#N)c1)C1CC1. The molecule has 2 rings (SSSR count). The number of nitriles is 1. The van der Waals surface area contributed by atoms with Crippen LogP contribution in [0.25, 0.3) is 0 Å². The highest BCUT2D eigenvalue weighted by atomic mass is 15.2. The number of rotatable bonds is 4. The fraction of sp³-hybridized carbons (Fsp3) is 0.357. The van der Waals surface area contributed by atoms with Crippen molar-refractivity contribution in [2.45, 2.75) is 25.4 Å². The zero-order chi connectivity index (χ0) is 11.4. The first-order valence-electron chi connectivity index (χ1n) is 5.50. The van der Waals surface area contributed by atoms with Gasteiger partial charge in [-0.05, 0) is 30.5 Å². The molecule has 2 heteroatoms. The van der Waals surface area contributed by atoms with E-state index in [9.17, 15) is 0 Å². The van der Waals surface area contributed by atoms with Gasteiger partial charge in [0.05, 0.1) is 18.2 Å². The van der Waals surface area contributed by atoms with Crippen molar-refractivity contribution in [3.05, 3.63) is 35.4 Å². The maximum absolute atomic E-state index is 8.83. The van der Waals surface area contributed by atoms with Gasteiger partial charge in [-0.3, -0.25) is 4.90 Å². The molecule has 1 aromatic carbocycles. The van der Waals surface area contributed by atoms with E-state index in [1.54, 1.807) is 0 Å². The predicted octanol–water partition coefficient (Wildman–Crippen LogP) is 2.16. The van der Waals surface area contributed by atoms with Crippen LogP contribution in [0.5, 0.6) is 0 Å². The van der Waals surface area contributed by atoms with Crippen molar-refractivity contribution in [2.24, 2.45) is 0 Å². The molecule has 0 spiro atoms. The molecule has 0 saturated heterocycles. The Hall–Kier alpha value is -1.77. The minimum Gasteiger partial charge on any atom is -0.285 e. The number of benzene rings is 1. The third-order valence-corrected chi connectivity index (χ3v) is 2.80. The Morgan fingerprint density at radius 2 is 2.25 bits per heavy atom. The van der Waals surface area contributed by atoms with Crippen LogP contribution < -0.4 is 0 Å². The normalized spacial score (nSPS) is 14.4. The van der Waals surface area contributed by atoms with Crippen LogP contribution in [0.1, 0.15) is 24.0 Å². The van der Waals surface area contributed by atoms with Gasteiger partial charge < -0.3 is 0 Å². The van der Waals surface area contributed by atoms with Crippen molar-refractivity contribution in [3.63, 3.8) is 0 Å². The molecule has 1 aromatic rings. The fourth-order valence-corrected chi connectivity index (χ4v) is 1.84. The van der Waals surface area contributed by atoms with Gasteiger partial charge in [-0.2, -0.15) is 5.26 Å². The minimum absolute atomic E-state index is 0.654. The second kappa shape index (κ2) is 4.84. The molecule has 0 bridgehead atoms. The maximum Gasteiger partial charge on any atom is 0.0991 e. The van der Waals surface area contributed by atoms with Gasteiger partial charge in [-0.25, -0.2) is 0 Å². The Kier molecular flexibility index (Phi) is 3.25. The first kappa shape index (κ1) is 10.7. The van der Waals surface area contributed by atoms with Crippen LogP contribution >= 0.6 is 0 Å². The Balaban J connectivity index is 2.06. The summed E-state index contributed by atoms with van der Waals surface area (Å²) in [4.78, 5) is 2.30. The van der Waals surface area contributed by atoms with E-state index in [0.29, 0.717) is 18.2 Å². The lowest BCUT2D eigenvalue weighted by atomic mass is 10.1. The van der Waals surface area contributed by atoms with Gasteiger partial charge in [0.25, 0.3) is 0 Å². The zero-order valence-electron chi connectivity index (χ0n) is 9.19. The molecule has 0 aliphatic heterocycles. The molecule has 0 atom stereocenters. The van der Waals surface area contributed by atoms with E-state index in [2.05, 4.69) is 16.9 Å². The van der Waals surface area contributed by atoms with Gasteiger partial charge in [0.1, 0.15) is 0 Å². The summed E-state index contributed by atoms with van der Waals surface area (Å²) in [5, 5.41) is 8.83. The van der Waals surface area contributed by atoms with Crippen LogP contribution in [-0.4, -0.2) is 17.5 Å². The first-order valence-corrected chi connectivity index (χ1v) is 5.50. The van der Waals surface area contributed by atoms with Crippen molar-refractivity contribution in [2.75, 3.05) is 6.54 Å². The predicted molar refractivity (Wildman–Crippen MR) is 63.4 cm³/mol. The number of nitrogens with zero attached hydrogens (tertiary/aromatic N) is 2. The summed E-state index contributed by atoms with van der Waals surface area (Å²) in [5.41, 5.74) is 1.88. The Labute approximate surface area is 96.5 Å². The molecule has 0 unspecified atom stereocenters. The van der Waals surface area contributed by atoms with Crippen molar-refractivity contribution in [3.8, 4) is 18.4 Å². The quantitative estimate of drug-likeness (QED) is 0.712. The Morgan fingerprint density at radius 1 is 1.44 bits per heavy atom. The molecule has 0 aromatic heterocycles. The summed E-state index contributed by atoms with van der Waals surface area (Å²) in [6.07, 6.45) is 7.86. The molecular weight excluding hydrogens is 196 g/mol. The molecule has 0 N–H and O–H groups in total. The molecule has 1 fully saturated rings. The fourth-order valence-electron chi connectivity index (χ4n) is 1.84. The lowest BCUT2D eigenvalue weighted by Gasteiger charge is -2.19. The summed E-state index contributed by atoms with van der Waals surface area (Å²) in [6.45, 7) is 1.55. The van der Waals surface area contributed by atoms with Gasteiger partial charge in [-0.1, -0.05) is 18.1 Å². The van der Waals surface area contributed by atoms with Crippen molar-refractivity contribution < 1.29 is 0 Å². The highest BCUT2D eigenvalue weighted by Crippen LogP contribution is 2.27. The highest BCUT2D eigenvalue weighted by molar-refractivity contribution is 5.32. The van der Waals surface area contributed by atoms with Crippen molar-refractivity contribution in [1.29, 1.82) is 5.26 Å². The van der Waals surface area contributed by atoms with E-state index in [1.807, 2.05) is 24.3 Å². The number of terminal acetylenes is 1. The average molecular weight is 210 g/mol. The maximum atomic E-state index is 8.83. The Morgan fingerprint density at radius 3 is 2.88 bits per heavy atom. The third-order valence-electron chi connectivity index (χ3n) is 2.80. The summed E-state index contributed by atoms with van der Waals surface area (Å²) in [6, 6.07) is 10.5. The van der Waals surface area contributed by atoms with Crippen molar-refractivity contribution in [1.82, 2.24) is 4.90 Å². The van der Waals surface area contributed by atoms with Crippen LogP contribution in [0, 0.1) is 23.7 Å². The minimum atomic E-state index is 0.654. The number of hydrogen-bond donors (Lipinski definition) is 0. The zero-order valence-corrected chi connectivity index (χ0v) is 9.19. The number of hydrogen-bond acceptors (Lipinski definition) is 2. The van der Waals surface area contributed by atoms with E-state index < -0.39 is 0 Å². The second-order valence-electron chi connectivity index (χ2n) is 4.15. The van der Waals surface area contributed by atoms with Gasteiger partial charge >= 0.3 is 0 Å². The summed E-state index contributed by atoms with van der Waals surface area (Å²) in [7, 11) is 0. The van der Waals surface area contributed by atoms with E-state index in [-0.39, 0.29) is 0 Å². The molecule has 1 aliphatic rings. The van der Waals surface area contributed by atoms with Gasteiger partial charge in [0.2, 0.25) is 0 Å². The van der Waals surface area contributed by atoms with Crippen LogP contribution in [0.4, 0.5) is 0 Å². The topological polar surface area (TPSA) is 27.0 Å². The molecule has 1 saturated carbocycles. The molecule has 0 radical (unpaired) electrons. The third kappa shape index (κ3) is 2.63. The smallest absolute Gasteiger partial charge is 0.0991 e. The van der Waals surface area contributed by atoms with Crippen LogP contribution in [0.3, 0.4) is 0 Å². The lowest BCUT2D eigenvalue weighted by Crippen LogP contribution is -2.25. The standard InChI is InChI=1S/C14H14N2/c1-2-8-16(14-6-7-14)11-13-5-3-4-12(9-13)10-15/h1,3-5,9,14H,6-8,11H2. The van der Waals surface area contributed by atoms with E-state index in [1.165, 1.54) is 18.4 Å². The molecule has 2 nitrogen and oxygen atoms in total. The van der Waals surface area contributed by atoms with Crippen LogP contribution in [0.15, 0.2) is 24.3 Å². The van der Waals surface area contributed by atoms with Gasteiger partial charge in [-0.15, -0.1) is 6.42 Å². The van der Waals surface area contributed by atoms with E-state index in [4.69, 9.17) is 11.7 Å². The molecular formula is C14H14N2. The second-order valence-corrected chi connectivity index (χ2v) is 4.15. The monoisotopic (exact) mass is 210 g/mol. The molecule has 80 valence electrons. The average Bonchev–Trinajstić information content (AvgIpc) is 3.13. The molecule has 1 aliphatic carbocycles. The first-order chi connectivity index (χ1) is 7.83. The van der Waals surface area contributed by atoms with Crippen LogP contribution in [-0.2, 0) is 6.54 Å². The van der Waals surface area contributed by atoms with Gasteiger partial charge in [0, 0.05) is 12.6 Å². The summed E-state index contributed by atoms with van der Waals surface area (Å²) in [5.74, 6) is 2.70. The summed E-state index contributed by atoms with van der Waals surface area (Å²) < 4.78 is 0. The largest absolute Gasteiger partial charge is 0.285 e. The van der Waals surface area contributed by atoms with Crippen LogP contribution in [0.2, 0.25) is 0 Å². The Bertz CT molecular complexity index is 447. The molecule has 16 heavy (non-hydrogen) atoms. The lowest BCUT2D eigenvalue weighted by molar-refractivity contribution is 0.288. The van der Waals surface area contributed by atoms with Gasteiger partial charge in [0.15, 0.2) is 0 Å². The summed E-state index contributed by atoms with van der Waals surface area (Å²) >= 11 is 0. The van der Waals surface area contributed by atoms with E-state index >= 15 is 0 Å². The highest BCUT2D eigenvalue weighted by Gasteiger charge is 2.28. The molecule has 0 amide bonds.